The summed E-state index contributed by atoms with van der Waals surface area (Å²) in [5.74, 6) is 0.0112. The first kappa shape index (κ1) is 9.06. The van der Waals surface area contributed by atoms with Crippen molar-refractivity contribution in [3.8, 4) is 5.75 Å². The lowest BCUT2D eigenvalue weighted by atomic mass is 10.1. The van der Waals surface area contributed by atoms with Gasteiger partial charge in [-0.3, -0.25) is 4.79 Å². The SMILES string of the molecule is COc1ccccc1[C@@H]1C[C@H]1C(=O)O. The molecule has 0 radical (unpaired) electrons. The van der Waals surface area contributed by atoms with Crippen LogP contribution in [-0.4, -0.2) is 18.2 Å². The van der Waals surface area contributed by atoms with Crippen LogP contribution in [0.5, 0.6) is 5.75 Å². The van der Waals surface area contributed by atoms with Gasteiger partial charge in [0.05, 0.1) is 13.0 Å². The summed E-state index contributed by atoms with van der Waals surface area (Å²) in [5.41, 5.74) is 1.02. The number of hydrogen-bond acceptors (Lipinski definition) is 2. The number of ether oxygens (including phenoxy) is 1. The fraction of sp³-hybridized carbons (Fsp3) is 0.364. The molecule has 1 aliphatic rings. The van der Waals surface area contributed by atoms with Gasteiger partial charge in [0.1, 0.15) is 5.75 Å². The van der Waals surface area contributed by atoms with Crippen molar-refractivity contribution in [3.63, 3.8) is 0 Å². The Hall–Kier alpha value is -1.51. The molecule has 3 heteroatoms. The predicted octanol–water partition coefficient (Wildman–Crippen LogP) is 1.88. The van der Waals surface area contributed by atoms with Crippen molar-refractivity contribution in [3.05, 3.63) is 29.8 Å². The van der Waals surface area contributed by atoms with E-state index in [4.69, 9.17) is 9.84 Å². The van der Waals surface area contributed by atoms with Crippen LogP contribution in [0.3, 0.4) is 0 Å². The van der Waals surface area contributed by atoms with E-state index in [2.05, 4.69) is 0 Å². The molecule has 0 bridgehead atoms. The van der Waals surface area contributed by atoms with Crippen molar-refractivity contribution in [2.45, 2.75) is 12.3 Å². The lowest BCUT2D eigenvalue weighted by Gasteiger charge is -2.06. The Labute approximate surface area is 82.3 Å². The summed E-state index contributed by atoms with van der Waals surface area (Å²) in [6.45, 7) is 0. The van der Waals surface area contributed by atoms with Crippen LogP contribution in [0, 0.1) is 5.92 Å². The van der Waals surface area contributed by atoms with Crippen molar-refractivity contribution in [1.82, 2.24) is 0 Å². The third-order valence-corrected chi connectivity index (χ3v) is 2.65. The van der Waals surface area contributed by atoms with Crippen LogP contribution in [0.1, 0.15) is 17.9 Å². The molecule has 0 aliphatic heterocycles. The lowest BCUT2D eigenvalue weighted by Crippen LogP contribution is -1.99. The minimum Gasteiger partial charge on any atom is -0.496 e. The smallest absolute Gasteiger partial charge is 0.307 e. The molecule has 1 N–H and O–H groups in total. The largest absolute Gasteiger partial charge is 0.496 e. The molecule has 2 atom stereocenters. The van der Waals surface area contributed by atoms with Gasteiger partial charge in [0.15, 0.2) is 0 Å². The van der Waals surface area contributed by atoms with Gasteiger partial charge >= 0.3 is 5.97 Å². The molecule has 1 aliphatic carbocycles. The zero-order chi connectivity index (χ0) is 10.1. The van der Waals surface area contributed by atoms with E-state index in [1.54, 1.807) is 7.11 Å². The molecule has 0 saturated heterocycles. The summed E-state index contributed by atoms with van der Waals surface area (Å²) in [6.07, 6.45) is 0.732. The summed E-state index contributed by atoms with van der Waals surface area (Å²) in [4.78, 5) is 10.7. The van der Waals surface area contributed by atoms with Gasteiger partial charge in [0, 0.05) is 5.92 Å². The van der Waals surface area contributed by atoms with E-state index in [0.29, 0.717) is 0 Å². The van der Waals surface area contributed by atoms with Crippen LogP contribution in [0.15, 0.2) is 24.3 Å². The van der Waals surface area contributed by atoms with Gasteiger partial charge in [-0.25, -0.2) is 0 Å². The summed E-state index contributed by atoms with van der Waals surface area (Å²) in [6, 6.07) is 7.61. The van der Waals surface area contributed by atoms with E-state index in [-0.39, 0.29) is 11.8 Å². The Balaban J connectivity index is 2.22. The number of methoxy groups -OCH3 is 1. The topological polar surface area (TPSA) is 46.5 Å². The van der Waals surface area contributed by atoms with E-state index in [1.165, 1.54) is 0 Å². The van der Waals surface area contributed by atoms with Crippen LogP contribution in [-0.2, 0) is 4.79 Å². The molecule has 0 unspecified atom stereocenters. The van der Waals surface area contributed by atoms with Crippen molar-refractivity contribution in [2.75, 3.05) is 7.11 Å². The average Bonchev–Trinajstić information content (AvgIpc) is 2.97. The number of hydrogen-bond donors (Lipinski definition) is 1. The molecule has 1 fully saturated rings. The molecule has 1 saturated carbocycles. The van der Waals surface area contributed by atoms with Crippen LogP contribution >= 0.6 is 0 Å². The van der Waals surface area contributed by atoms with E-state index >= 15 is 0 Å². The second-order valence-electron chi connectivity index (χ2n) is 3.53. The molecule has 2 rings (SSSR count). The number of benzene rings is 1. The zero-order valence-corrected chi connectivity index (χ0v) is 7.93. The maximum absolute atomic E-state index is 10.7. The Morgan fingerprint density at radius 2 is 2.21 bits per heavy atom. The van der Waals surface area contributed by atoms with Gasteiger partial charge in [0.25, 0.3) is 0 Å². The van der Waals surface area contributed by atoms with Gasteiger partial charge in [-0.05, 0) is 18.1 Å². The molecular formula is C11H12O3. The molecule has 1 aromatic carbocycles. The van der Waals surface area contributed by atoms with E-state index in [9.17, 15) is 4.79 Å². The van der Waals surface area contributed by atoms with Crippen LogP contribution < -0.4 is 4.74 Å². The average molecular weight is 192 g/mol. The highest BCUT2D eigenvalue weighted by Gasteiger charge is 2.45. The fourth-order valence-corrected chi connectivity index (χ4v) is 1.78. The van der Waals surface area contributed by atoms with Gasteiger partial charge in [-0.15, -0.1) is 0 Å². The van der Waals surface area contributed by atoms with Crippen LogP contribution in [0.4, 0.5) is 0 Å². The Morgan fingerprint density at radius 1 is 1.50 bits per heavy atom. The number of carboxylic acid groups (broad SMARTS) is 1. The second-order valence-corrected chi connectivity index (χ2v) is 3.53. The minimum absolute atomic E-state index is 0.142. The molecular weight excluding hydrogens is 180 g/mol. The first-order valence-electron chi connectivity index (χ1n) is 4.59. The lowest BCUT2D eigenvalue weighted by molar-refractivity contribution is -0.138. The molecule has 0 heterocycles. The number of rotatable bonds is 3. The van der Waals surface area contributed by atoms with Gasteiger partial charge < -0.3 is 9.84 Å². The predicted molar refractivity (Wildman–Crippen MR) is 51.5 cm³/mol. The van der Waals surface area contributed by atoms with Crippen molar-refractivity contribution >= 4 is 5.97 Å². The van der Waals surface area contributed by atoms with Crippen LogP contribution in [0.2, 0.25) is 0 Å². The van der Waals surface area contributed by atoms with E-state index in [1.807, 2.05) is 24.3 Å². The van der Waals surface area contributed by atoms with Crippen molar-refractivity contribution in [1.29, 1.82) is 0 Å². The summed E-state index contributed by atoms with van der Waals surface area (Å²) in [7, 11) is 1.61. The molecule has 0 spiro atoms. The highest BCUT2D eigenvalue weighted by molar-refractivity contribution is 5.75. The Kier molecular flexibility index (Phi) is 2.15. The highest BCUT2D eigenvalue weighted by Crippen LogP contribution is 2.50. The van der Waals surface area contributed by atoms with Gasteiger partial charge in [-0.1, -0.05) is 18.2 Å². The Bertz CT molecular complexity index is 359. The second kappa shape index (κ2) is 3.33. The summed E-state index contributed by atoms with van der Waals surface area (Å²) < 4.78 is 5.18. The number of para-hydroxylation sites is 1. The standard InChI is InChI=1S/C11H12O3/c1-14-10-5-3-2-4-7(10)8-6-9(8)11(12)13/h2-5,8-9H,6H2,1H3,(H,12,13)/t8-,9+/m0/s1. The maximum Gasteiger partial charge on any atom is 0.307 e. The zero-order valence-electron chi connectivity index (χ0n) is 7.93. The Morgan fingerprint density at radius 3 is 2.79 bits per heavy atom. The van der Waals surface area contributed by atoms with Crippen molar-refractivity contribution < 1.29 is 14.6 Å². The van der Waals surface area contributed by atoms with E-state index in [0.717, 1.165) is 17.7 Å². The molecule has 0 aromatic heterocycles. The third-order valence-electron chi connectivity index (χ3n) is 2.65. The molecule has 3 nitrogen and oxygen atoms in total. The minimum atomic E-state index is -0.707. The number of aliphatic carboxylic acids is 1. The normalized spacial score (nSPS) is 24.4. The van der Waals surface area contributed by atoms with Gasteiger partial charge in [0.2, 0.25) is 0 Å². The monoisotopic (exact) mass is 192 g/mol. The highest BCUT2D eigenvalue weighted by atomic mass is 16.5. The van der Waals surface area contributed by atoms with Gasteiger partial charge in [-0.2, -0.15) is 0 Å². The van der Waals surface area contributed by atoms with Crippen molar-refractivity contribution in [2.24, 2.45) is 5.92 Å². The molecule has 14 heavy (non-hydrogen) atoms. The maximum atomic E-state index is 10.7. The molecule has 1 aromatic rings. The summed E-state index contributed by atoms with van der Waals surface area (Å²) >= 11 is 0. The first-order valence-corrected chi connectivity index (χ1v) is 4.59. The van der Waals surface area contributed by atoms with Crippen LogP contribution in [0.25, 0.3) is 0 Å². The fourth-order valence-electron chi connectivity index (χ4n) is 1.78. The summed E-state index contributed by atoms with van der Waals surface area (Å²) in [5, 5.41) is 8.81. The molecule has 74 valence electrons. The number of carbonyl (C=O) groups is 1. The first-order chi connectivity index (χ1) is 6.74. The third kappa shape index (κ3) is 1.45. The van der Waals surface area contributed by atoms with E-state index < -0.39 is 5.97 Å². The molecule has 0 amide bonds. The number of carboxylic acids is 1. The quantitative estimate of drug-likeness (QED) is 0.795.